The average Bonchev–Trinajstić information content (AvgIpc) is 1.67. The summed E-state index contributed by atoms with van der Waals surface area (Å²) in [4.78, 5) is 0. The predicted octanol–water partition coefficient (Wildman–Crippen LogP) is 1.76. The fourth-order valence-electron chi connectivity index (χ4n) is 0.642. The Morgan fingerprint density at radius 3 is 2.12 bits per heavy atom. The Labute approximate surface area is 51.7 Å². The van der Waals surface area contributed by atoms with Gasteiger partial charge in [-0.15, -0.1) is 0 Å². The molecule has 0 saturated heterocycles. The normalized spacial score (nSPS) is 18.0. The van der Waals surface area contributed by atoms with Crippen LogP contribution < -0.4 is 0 Å². The van der Waals surface area contributed by atoms with E-state index in [0.717, 1.165) is 19.3 Å². The van der Waals surface area contributed by atoms with Gasteiger partial charge >= 0.3 is 0 Å². The molecule has 0 bridgehead atoms. The molecule has 1 heteroatoms. The molecule has 0 aliphatic rings. The van der Waals surface area contributed by atoms with Crippen LogP contribution in [-0.4, -0.2) is 10.7 Å². The molecular weight excluding hydrogens is 100 g/mol. The summed E-state index contributed by atoms with van der Waals surface area (Å²) in [5, 5.41) is 9.21. The number of hydrogen-bond donors (Lipinski definition) is 1. The molecule has 0 fully saturated rings. The molecule has 0 aromatic rings. The summed E-state index contributed by atoms with van der Waals surface area (Å²) in [6.07, 6.45) is 2.57. The molecule has 1 unspecified atom stereocenters. The van der Waals surface area contributed by atoms with Crippen molar-refractivity contribution < 1.29 is 5.11 Å². The lowest BCUT2D eigenvalue weighted by Crippen LogP contribution is -2.22. The minimum Gasteiger partial charge on any atom is -0.390 e. The first kappa shape index (κ1) is 7.96. The van der Waals surface area contributed by atoms with Gasteiger partial charge in [-0.2, -0.15) is 0 Å². The smallest absolute Gasteiger partial charge is 0.0646 e. The lowest BCUT2D eigenvalue weighted by atomic mass is 9.98. The van der Waals surface area contributed by atoms with Crippen molar-refractivity contribution >= 4 is 0 Å². The zero-order chi connectivity index (χ0) is 6.62. The summed E-state index contributed by atoms with van der Waals surface area (Å²) in [5.41, 5.74) is -0.658. The molecule has 0 saturated carbocycles. The van der Waals surface area contributed by atoms with Crippen LogP contribution in [0.25, 0.3) is 0 Å². The lowest BCUT2D eigenvalue weighted by molar-refractivity contribution is 0.0737. The molecule has 8 heavy (non-hydrogen) atoms. The lowest BCUT2D eigenvalue weighted by Gasteiger charge is -2.19. The largest absolute Gasteiger partial charge is 0.390 e. The van der Waals surface area contributed by atoms with Crippen LogP contribution in [0.1, 0.15) is 33.1 Å². The third-order valence-corrected chi connectivity index (χ3v) is 1.37. The van der Waals surface area contributed by atoms with E-state index in [4.69, 9.17) is 0 Å². The first-order chi connectivity index (χ1) is 3.62. The summed E-state index contributed by atoms with van der Waals surface area (Å²) in [6, 6.07) is 0. The molecule has 0 aliphatic carbocycles. The van der Waals surface area contributed by atoms with Gasteiger partial charge in [-0.05, 0) is 19.8 Å². The molecule has 0 amide bonds. The number of aliphatic hydroxyl groups is 1. The Hall–Kier alpha value is -0.0400. The second-order valence-corrected chi connectivity index (χ2v) is 2.33. The highest BCUT2D eigenvalue weighted by Gasteiger charge is 2.14. The second kappa shape index (κ2) is 3.08. The highest BCUT2D eigenvalue weighted by atomic mass is 16.3. The Balaban J connectivity index is 3.37. The van der Waals surface area contributed by atoms with Gasteiger partial charge in [-0.3, -0.25) is 0 Å². The van der Waals surface area contributed by atoms with Crippen molar-refractivity contribution in [2.45, 2.75) is 38.7 Å². The summed E-state index contributed by atoms with van der Waals surface area (Å²) in [7, 11) is 0. The van der Waals surface area contributed by atoms with Crippen molar-refractivity contribution in [1.29, 1.82) is 0 Å². The van der Waals surface area contributed by atoms with Gasteiger partial charge in [0.25, 0.3) is 0 Å². The van der Waals surface area contributed by atoms with Crippen molar-refractivity contribution in [3.63, 3.8) is 0 Å². The maximum Gasteiger partial charge on any atom is 0.0646 e. The van der Waals surface area contributed by atoms with Gasteiger partial charge < -0.3 is 5.11 Å². The topological polar surface area (TPSA) is 20.2 Å². The van der Waals surface area contributed by atoms with E-state index in [1.807, 2.05) is 13.8 Å². The second-order valence-electron chi connectivity index (χ2n) is 2.33. The molecule has 1 nitrogen and oxygen atoms in total. The van der Waals surface area contributed by atoms with Crippen molar-refractivity contribution in [2.75, 3.05) is 0 Å². The fourth-order valence-corrected chi connectivity index (χ4v) is 0.642. The van der Waals surface area contributed by atoms with Crippen LogP contribution in [0.15, 0.2) is 0 Å². The van der Waals surface area contributed by atoms with Crippen LogP contribution in [0.2, 0.25) is 0 Å². The Morgan fingerprint density at radius 2 is 2.00 bits per heavy atom. The zero-order valence-corrected chi connectivity index (χ0v) is 5.78. The molecule has 1 radical (unpaired) electrons. The van der Waals surface area contributed by atoms with Crippen molar-refractivity contribution in [1.82, 2.24) is 0 Å². The first-order valence-electron chi connectivity index (χ1n) is 3.20. The van der Waals surface area contributed by atoms with Crippen molar-refractivity contribution in [3.8, 4) is 0 Å². The maximum atomic E-state index is 9.21. The highest BCUT2D eigenvalue weighted by Crippen LogP contribution is 2.13. The van der Waals surface area contributed by atoms with E-state index in [2.05, 4.69) is 6.92 Å². The maximum absolute atomic E-state index is 9.21. The summed E-state index contributed by atoms with van der Waals surface area (Å²) in [5.74, 6) is 0. The molecule has 0 aliphatic heterocycles. The quantitative estimate of drug-likeness (QED) is 0.594. The molecule has 0 rings (SSSR count). The van der Waals surface area contributed by atoms with Gasteiger partial charge in [0, 0.05) is 0 Å². The molecule has 0 aromatic heterocycles. The minimum absolute atomic E-state index is 0.658. The summed E-state index contributed by atoms with van der Waals surface area (Å²) in [6.45, 7) is 7.63. The van der Waals surface area contributed by atoms with E-state index < -0.39 is 5.60 Å². The van der Waals surface area contributed by atoms with Gasteiger partial charge in [0.2, 0.25) is 0 Å². The minimum atomic E-state index is -0.658. The van der Waals surface area contributed by atoms with Crippen LogP contribution in [0.4, 0.5) is 0 Å². The molecule has 1 atom stereocenters. The van der Waals surface area contributed by atoms with E-state index in [0.29, 0.717) is 0 Å². The molecule has 49 valence electrons. The molecular formula is C7H15O. The average molecular weight is 115 g/mol. The molecule has 0 aromatic carbocycles. The van der Waals surface area contributed by atoms with E-state index in [9.17, 15) is 5.11 Å². The molecule has 1 N–H and O–H groups in total. The van der Waals surface area contributed by atoms with Crippen molar-refractivity contribution in [3.05, 3.63) is 6.92 Å². The summed E-state index contributed by atoms with van der Waals surface area (Å²) >= 11 is 0. The van der Waals surface area contributed by atoms with Gasteiger partial charge in [0.05, 0.1) is 5.60 Å². The Morgan fingerprint density at radius 1 is 1.50 bits per heavy atom. The fraction of sp³-hybridized carbons (Fsp3) is 0.857. The Bertz CT molecular complexity index is 57.4. The van der Waals surface area contributed by atoms with E-state index in [-0.39, 0.29) is 0 Å². The number of hydrogen-bond acceptors (Lipinski definition) is 1. The van der Waals surface area contributed by atoms with Crippen LogP contribution in [0, 0.1) is 6.92 Å². The van der Waals surface area contributed by atoms with E-state index >= 15 is 0 Å². The van der Waals surface area contributed by atoms with E-state index in [1.54, 1.807) is 0 Å². The monoisotopic (exact) mass is 115 g/mol. The zero-order valence-electron chi connectivity index (χ0n) is 5.78. The highest BCUT2D eigenvalue weighted by molar-refractivity contribution is 4.77. The van der Waals surface area contributed by atoms with Crippen LogP contribution >= 0.6 is 0 Å². The third-order valence-electron chi connectivity index (χ3n) is 1.37. The number of rotatable bonds is 3. The SMILES string of the molecule is [CH2]C(O)(CC)CCC. The third kappa shape index (κ3) is 3.03. The van der Waals surface area contributed by atoms with Gasteiger partial charge in [0.15, 0.2) is 0 Å². The standard InChI is InChI=1S/C7H15O/c1-4-6-7(3,8)5-2/h8H,3-6H2,1-2H3. The van der Waals surface area contributed by atoms with Crippen LogP contribution in [0.3, 0.4) is 0 Å². The van der Waals surface area contributed by atoms with Crippen molar-refractivity contribution in [2.24, 2.45) is 0 Å². The predicted molar refractivity (Wildman–Crippen MR) is 35.5 cm³/mol. The van der Waals surface area contributed by atoms with Gasteiger partial charge in [0.1, 0.15) is 0 Å². The van der Waals surface area contributed by atoms with Gasteiger partial charge in [-0.25, -0.2) is 0 Å². The van der Waals surface area contributed by atoms with E-state index in [1.165, 1.54) is 0 Å². The van der Waals surface area contributed by atoms with Crippen LogP contribution in [-0.2, 0) is 0 Å². The van der Waals surface area contributed by atoms with Crippen LogP contribution in [0.5, 0.6) is 0 Å². The molecule has 0 heterocycles. The Kier molecular flexibility index (Phi) is 3.06. The van der Waals surface area contributed by atoms with Gasteiger partial charge in [-0.1, -0.05) is 20.3 Å². The first-order valence-corrected chi connectivity index (χ1v) is 3.20. The summed E-state index contributed by atoms with van der Waals surface area (Å²) < 4.78 is 0. The molecule has 0 spiro atoms.